The largest absolute Gasteiger partial charge is 0.392 e. The van der Waals surface area contributed by atoms with Crippen LogP contribution in [0.15, 0.2) is 18.2 Å². The normalized spacial score (nSPS) is 10.1. The molecule has 1 nitrogen and oxygen atoms in total. The molecule has 0 amide bonds. The molecule has 60 valence electrons. The molecule has 11 heavy (non-hydrogen) atoms. The second-order valence-corrected chi connectivity index (χ2v) is 2.77. The topological polar surface area (TPSA) is 20.2 Å². The summed E-state index contributed by atoms with van der Waals surface area (Å²) in [6.07, 6.45) is 1.06. The van der Waals surface area contributed by atoms with Gasteiger partial charge in [0.2, 0.25) is 0 Å². The lowest BCUT2D eigenvalue weighted by atomic mass is 10.0. The standard InChI is InChI=1S/C10H14O/c1-3-9-4-5-10(7-11)8(2)6-9/h4-6,11H,3,7H2,1-2H3. The number of aryl methyl sites for hydroxylation is 2. The van der Waals surface area contributed by atoms with E-state index in [0.717, 1.165) is 12.0 Å². The SMILES string of the molecule is CCc1ccc(CO)c(C)c1. The predicted molar refractivity (Wildman–Crippen MR) is 46.5 cm³/mol. The molecular weight excluding hydrogens is 136 g/mol. The van der Waals surface area contributed by atoms with Crippen LogP contribution in [0.4, 0.5) is 0 Å². The summed E-state index contributed by atoms with van der Waals surface area (Å²) in [4.78, 5) is 0. The molecule has 1 heteroatoms. The molecule has 0 unspecified atom stereocenters. The minimum Gasteiger partial charge on any atom is -0.392 e. The van der Waals surface area contributed by atoms with Gasteiger partial charge < -0.3 is 5.11 Å². The molecule has 0 aliphatic rings. The molecule has 0 aliphatic heterocycles. The summed E-state index contributed by atoms with van der Waals surface area (Å²) in [5.41, 5.74) is 3.55. The van der Waals surface area contributed by atoms with Crippen molar-refractivity contribution in [3.05, 3.63) is 34.9 Å². The fourth-order valence-corrected chi connectivity index (χ4v) is 1.16. The zero-order valence-electron chi connectivity index (χ0n) is 7.09. The first-order valence-electron chi connectivity index (χ1n) is 3.97. The van der Waals surface area contributed by atoms with Crippen molar-refractivity contribution >= 4 is 0 Å². The van der Waals surface area contributed by atoms with Crippen molar-refractivity contribution in [1.29, 1.82) is 0 Å². The summed E-state index contributed by atoms with van der Waals surface area (Å²) >= 11 is 0. The maximum absolute atomic E-state index is 8.88. The van der Waals surface area contributed by atoms with Gasteiger partial charge in [-0.05, 0) is 30.0 Å². The highest BCUT2D eigenvalue weighted by atomic mass is 16.3. The third-order valence-electron chi connectivity index (χ3n) is 1.99. The van der Waals surface area contributed by atoms with Gasteiger partial charge in [0.25, 0.3) is 0 Å². The number of benzene rings is 1. The van der Waals surface area contributed by atoms with Crippen LogP contribution in [-0.4, -0.2) is 5.11 Å². The van der Waals surface area contributed by atoms with Crippen molar-refractivity contribution in [2.24, 2.45) is 0 Å². The second-order valence-electron chi connectivity index (χ2n) is 2.77. The third kappa shape index (κ3) is 1.81. The lowest BCUT2D eigenvalue weighted by Gasteiger charge is -2.03. The molecule has 1 aromatic rings. The number of rotatable bonds is 2. The van der Waals surface area contributed by atoms with E-state index >= 15 is 0 Å². The molecule has 0 aromatic heterocycles. The molecule has 0 spiro atoms. The number of hydrogen-bond acceptors (Lipinski definition) is 1. The summed E-state index contributed by atoms with van der Waals surface area (Å²) in [6, 6.07) is 6.19. The fourth-order valence-electron chi connectivity index (χ4n) is 1.16. The number of aliphatic hydroxyl groups excluding tert-OH is 1. The zero-order chi connectivity index (χ0) is 8.27. The van der Waals surface area contributed by atoms with E-state index in [0.29, 0.717) is 0 Å². The van der Waals surface area contributed by atoms with Gasteiger partial charge in [0.1, 0.15) is 0 Å². The van der Waals surface area contributed by atoms with E-state index in [9.17, 15) is 0 Å². The van der Waals surface area contributed by atoms with Crippen molar-refractivity contribution in [1.82, 2.24) is 0 Å². The molecule has 0 bridgehead atoms. The van der Waals surface area contributed by atoms with Gasteiger partial charge in [0, 0.05) is 0 Å². The molecule has 1 aromatic carbocycles. The number of hydrogen-bond donors (Lipinski definition) is 1. The minimum absolute atomic E-state index is 0.149. The molecule has 0 fully saturated rings. The molecule has 0 saturated heterocycles. The summed E-state index contributed by atoms with van der Waals surface area (Å²) in [5.74, 6) is 0. The van der Waals surface area contributed by atoms with E-state index in [1.54, 1.807) is 0 Å². The number of aliphatic hydroxyl groups is 1. The molecule has 0 saturated carbocycles. The Morgan fingerprint density at radius 1 is 1.36 bits per heavy atom. The van der Waals surface area contributed by atoms with E-state index in [1.807, 2.05) is 13.0 Å². The Bertz CT molecular complexity index is 241. The van der Waals surface area contributed by atoms with Gasteiger partial charge >= 0.3 is 0 Å². The van der Waals surface area contributed by atoms with Gasteiger partial charge in [0.05, 0.1) is 6.61 Å². The lowest BCUT2D eigenvalue weighted by Crippen LogP contribution is -1.90. The highest BCUT2D eigenvalue weighted by Crippen LogP contribution is 2.10. The monoisotopic (exact) mass is 150 g/mol. The van der Waals surface area contributed by atoms with Crippen molar-refractivity contribution in [2.75, 3.05) is 0 Å². The Hall–Kier alpha value is -0.820. The van der Waals surface area contributed by atoms with Crippen LogP contribution < -0.4 is 0 Å². The maximum Gasteiger partial charge on any atom is 0.0684 e. The molecule has 0 radical (unpaired) electrons. The Balaban J connectivity index is 2.99. The summed E-state index contributed by atoms with van der Waals surface area (Å²) in [7, 11) is 0. The Labute approximate surface area is 67.7 Å². The summed E-state index contributed by atoms with van der Waals surface area (Å²) < 4.78 is 0. The average molecular weight is 150 g/mol. The van der Waals surface area contributed by atoms with Crippen molar-refractivity contribution in [3.63, 3.8) is 0 Å². The van der Waals surface area contributed by atoms with Gasteiger partial charge in [0.15, 0.2) is 0 Å². The van der Waals surface area contributed by atoms with Crippen LogP contribution in [0.3, 0.4) is 0 Å². The zero-order valence-corrected chi connectivity index (χ0v) is 7.09. The van der Waals surface area contributed by atoms with Crippen molar-refractivity contribution in [3.8, 4) is 0 Å². The first kappa shape index (κ1) is 8.28. The molecule has 1 N–H and O–H groups in total. The Morgan fingerprint density at radius 3 is 2.55 bits per heavy atom. The van der Waals surface area contributed by atoms with E-state index in [4.69, 9.17) is 5.11 Å². The molecule has 1 rings (SSSR count). The molecule has 0 atom stereocenters. The Kier molecular flexibility index (Phi) is 2.66. The van der Waals surface area contributed by atoms with Crippen LogP contribution >= 0.6 is 0 Å². The van der Waals surface area contributed by atoms with Gasteiger partial charge in [-0.3, -0.25) is 0 Å². The van der Waals surface area contributed by atoms with E-state index in [-0.39, 0.29) is 6.61 Å². The van der Waals surface area contributed by atoms with Gasteiger partial charge in [-0.15, -0.1) is 0 Å². The van der Waals surface area contributed by atoms with Crippen LogP contribution in [0, 0.1) is 6.92 Å². The average Bonchev–Trinajstić information content (AvgIpc) is 2.04. The van der Waals surface area contributed by atoms with Crippen LogP contribution in [-0.2, 0) is 13.0 Å². The smallest absolute Gasteiger partial charge is 0.0684 e. The highest BCUT2D eigenvalue weighted by Gasteiger charge is 1.96. The predicted octanol–water partition coefficient (Wildman–Crippen LogP) is 2.05. The van der Waals surface area contributed by atoms with Gasteiger partial charge in [-0.25, -0.2) is 0 Å². The summed E-state index contributed by atoms with van der Waals surface area (Å²) in [6.45, 7) is 4.31. The van der Waals surface area contributed by atoms with Gasteiger partial charge in [-0.1, -0.05) is 25.1 Å². The summed E-state index contributed by atoms with van der Waals surface area (Å²) in [5, 5.41) is 8.88. The molecular formula is C10H14O. The third-order valence-corrected chi connectivity index (χ3v) is 1.99. The van der Waals surface area contributed by atoms with Crippen LogP contribution in [0.5, 0.6) is 0 Å². The quantitative estimate of drug-likeness (QED) is 0.684. The highest BCUT2D eigenvalue weighted by molar-refractivity contribution is 5.30. The van der Waals surface area contributed by atoms with Gasteiger partial charge in [-0.2, -0.15) is 0 Å². The van der Waals surface area contributed by atoms with E-state index in [1.165, 1.54) is 11.1 Å². The maximum atomic E-state index is 8.88. The Morgan fingerprint density at radius 2 is 2.09 bits per heavy atom. The minimum atomic E-state index is 0.149. The molecule has 0 aliphatic carbocycles. The second kappa shape index (κ2) is 3.54. The fraction of sp³-hybridized carbons (Fsp3) is 0.400. The van der Waals surface area contributed by atoms with E-state index in [2.05, 4.69) is 19.1 Å². The van der Waals surface area contributed by atoms with Crippen LogP contribution in [0.25, 0.3) is 0 Å². The first-order chi connectivity index (χ1) is 5.27. The first-order valence-corrected chi connectivity index (χ1v) is 3.97. The van der Waals surface area contributed by atoms with Crippen LogP contribution in [0.1, 0.15) is 23.6 Å². The van der Waals surface area contributed by atoms with Crippen molar-refractivity contribution in [2.45, 2.75) is 26.9 Å². The van der Waals surface area contributed by atoms with Crippen molar-refractivity contribution < 1.29 is 5.11 Å². The molecule has 0 heterocycles. The lowest BCUT2D eigenvalue weighted by molar-refractivity contribution is 0.281. The van der Waals surface area contributed by atoms with E-state index < -0.39 is 0 Å². The van der Waals surface area contributed by atoms with Crippen LogP contribution in [0.2, 0.25) is 0 Å².